The normalized spacial score (nSPS) is 19.3. The zero-order valence-corrected chi connectivity index (χ0v) is 26.6. The standard InChI is InChI=1S/C20H22O3.C19H24O4/c1-16-20(23-15-18-10-6-3-7-11-18)19(12-13-21-16)22-14-17-8-4-2-5-9-17;1-15(21)19(23-14-17-10-6-3-7-11-17)18(12-20)22-13-16-8-4-2-5-9-16/h2-13,16,19-20H,14-15H2,1H3;2-11,15,18-21H,12-14H2,1H3/t16-,19-,20-;15-,18-,19-/m00/s1. The summed E-state index contributed by atoms with van der Waals surface area (Å²) in [5, 5.41) is 19.6. The van der Waals surface area contributed by atoms with Crippen LogP contribution in [0.3, 0.4) is 0 Å². The lowest BCUT2D eigenvalue weighted by Gasteiger charge is -2.32. The largest absolute Gasteiger partial charge is 0.496 e. The van der Waals surface area contributed by atoms with Crippen LogP contribution < -0.4 is 0 Å². The maximum Gasteiger partial charge on any atom is 0.124 e. The lowest BCUT2D eigenvalue weighted by molar-refractivity contribution is -0.140. The summed E-state index contributed by atoms with van der Waals surface area (Å²) < 4.78 is 29.3. The van der Waals surface area contributed by atoms with E-state index in [0.717, 1.165) is 22.3 Å². The quantitative estimate of drug-likeness (QED) is 0.153. The smallest absolute Gasteiger partial charge is 0.124 e. The van der Waals surface area contributed by atoms with Crippen LogP contribution in [-0.2, 0) is 50.1 Å². The number of hydrogen-bond acceptors (Lipinski definition) is 7. The Morgan fingerprint density at radius 3 is 1.52 bits per heavy atom. The summed E-state index contributed by atoms with van der Waals surface area (Å²) in [5.41, 5.74) is 4.33. The first-order valence-electron chi connectivity index (χ1n) is 15.8. The minimum Gasteiger partial charge on any atom is -0.496 e. The van der Waals surface area contributed by atoms with Gasteiger partial charge in [-0.3, -0.25) is 0 Å². The van der Waals surface area contributed by atoms with E-state index in [-0.39, 0.29) is 24.9 Å². The SMILES string of the molecule is C[C@@H]1OC=C[C@H](OCc2ccccc2)[C@H]1OCc1ccccc1.C[C@H](O)[C@H](OCc1ccccc1)[C@H](CO)OCc1ccccc1. The van der Waals surface area contributed by atoms with Crippen molar-refractivity contribution in [1.29, 1.82) is 0 Å². The molecule has 0 radical (unpaired) electrons. The van der Waals surface area contributed by atoms with Crippen LogP contribution in [0.4, 0.5) is 0 Å². The van der Waals surface area contributed by atoms with Gasteiger partial charge in [0.1, 0.15) is 30.5 Å². The molecule has 4 aromatic rings. The first-order chi connectivity index (χ1) is 22.5. The average molecular weight is 627 g/mol. The summed E-state index contributed by atoms with van der Waals surface area (Å²) in [6.45, 7) is 5.29. The molecule has 7 nitrogen and oxygen atoms in total. The highest BCUT2D eigenvalue weighted by molar-refractivity contribution is 5.16. The topological polar surface area (TPSA) is 86.6 Å². The number of hydrogen-bond donors (Lipinski definition) is 2. The van der Waals surface area contributed by atoms with Crippen molar-refractivity contribution in [2.45, 2.75) is 76.9 Å². The first kappa shape index (κ1) is 35.0. The summed E-state index contributed by atoms with van der Waals surface area (Å²) in [6.07, 6.45) is 1.45. The van der Waals surface area contributed by atoms with Crippen LogP contribution in [0, 0.1) is 0 Å². The Bertz CT molecular complexity index is 1370. The van der Waals surface area contributed by atoms with Gasteiger partial charge >= 0.3 is 0 Å². The Morgan fingerprint density at radius 2 is 1.07 bits per heavy atom. The molecule has 2 N–H and O–H groups in total. The number of aliphatic hydroxyl groups is 2. The molecule has 46 heavy (non-hydrogen) atoms. The fourth-order valence-corrected chi connectivity index (χ4v) is 4.97. The van der Waals surface area contributed by atoms with Gasteiger partial charge in [-0.05, 0) is 42.2 Å². The molecule has 0 amide bonds. The van der Waals surface area contributed by atoms with Crippen LogP contribution in [0.1, 0.15) is 36.1 Å². The van der Waals surface area contributed by atoms with Gasteiger partial charge in [-0.25, -0.2) is 0 Å². The van der Waals surface area contributed by atoms with Gasteiger partial charge in [0.2, 0.25) is 0 Å². The Labute approximate surface area is 273 Å². The minimum absolute atomic E-state index is 0.0375. The van der Waals surface area contributed by atoms with Crippen LogP contribution in [0.5, 0.6) is 0 Å². The summed E-state index contributed by atoms with van der Waals surface area (Å²) in [7, 11) is 0. The third-order valence-electron chi connectivity index (χ3n) is 7.53. The molecule has 0 saturated heterocycles. The third-order valence-corrected chi connectivity index (χ3v) is 7.53. The second-order valence-corrected chi connectivity index (χ2v) is 11.2. The van der Waals surface area contributed by atoms with Gasteiger partial charge in [0, 0.05) is 0 Å². The van der Waals surface area contributed by atoms with Crippen molar-refractivity contribution in [1.82, 2.24) is 0 Å². The summed E-state index contributed by atoms with van der Waals surface area (Å²) >= 11 is 0. The monoisotopic (exact) mass is 626 g/mol. The van der Waals surface area contributed by atoms with Gasteiger partial charge in [-0.2, -0.15) is 0 Å². The van der Waals surface area contributed by atoms with E-state index < -0.39 is 18.3 Å². The molecule has 0 unspecified atom stereocenters. The Hall–Kier alpha value is -3.82. The molecule has 7 heteroatoms. The molecule has 0 aliphatic carbocycles. The lowest BCUT2D eigenvalue weighted by atomic mass is 10.1. The number of aliphatic hydroxyl groups excluding tert-OH is 2. The minimum atomic E-state index is -0.744. The highest BCUT2D eigenvalue weighted by atomic mass is 16.6. The summed E-state index contributed by atoms with van der Waals surface area (Å²) in [5.74, 6) is 0. The molecule has 1 aliphatic heterocycles. The van der Waals surface area contributed by atoms with E-state index in [1.54, 1.807) is 13.2 Å². The molecule has 244 valence electrons. The second-order valence-electron chi connectivity index (χ2n) is 11.2. The molecule has 4 aromatic carbocycles. The van der Waals surface area contributed by atoms with Crippen molar-refractivity contribution >= 4 is 0 Å². The maximum atomic E-state index is 9.97. The van der Waals surface area contributed by atoms with Crippen LogP contribution in [0.15, 0.2) is 134 Å². The van der Waals surface area contributed by atoms with Gasteiger partial charge in [-0.1, -0.05) is 121 Å². The zero-order valence-electron chi connectivity index (χ0n) is 26.6. The van der Waals surface area contributed by atoms with Crippen LogP contribution in [0.2, 0.25) is 0 Å². The van der Waals surface area contributed by atoms with Crippen LogP contribution in [0.25, 0.3) is 0 Å². The van der Waals surface area contributed by atoms with E-state index in [1.165, 1.54) is 0 Å². The van der Waals surface area contributed by atoms with Gasteiger partial charge in [0.05, 0.1) is 45.4 Å². The van der Waals surface area contributed by atoms with Crippen molar-refractivity contribution in [3.05, 3.63) is 156 Å². The van der Waals surface area contributed by atoms with E-state index in [0.29, 0.717) is 26.4 Å². The molecule has 0 fully saturated rings. The van der Waals surface area contributed by atoms with Crippen molar-refractivity contribution in [2.24, 2.45) is 0 Å². The molecule has 1 aliphatic rings. The molecule has 5 rings (SSSR count). The fraction of sp³-hybridized carbons (Fsp3) is 0.333. The predicted molar refractivity (Wildman–Crippen MR) is 179 cm³/mol. The average Bonchev–Trinajstić information content (AvgIpc) is 3.10. The molecule has 0 saturated carbocycles. The highest BCUT2D eigenvalue weighted by Crippen LogP contribution is 2.21. The maximum absolute atomic E-state index is 9.97. The van der Waals surface area contributed by atoms with Crippen molar-refractivity contribution in [3.63, 3.8) is 0 Å². The summed E-state index contributed by atoms with van der Waals surface area (Å²) in [4.78, 5) is 0. The molecular weight excluding hydrogens is 580 g/mol. The lowest BCUT2D eigenvalue weighted by Crippen LogP contribution is -2.42. The Kier molecular flexibility index (Phi) is 15.0. The van der Waals surface area contributed by atoms with Crippen LogP contribution >= 0.6 is 0 Å². The van der Waals surface area contributed by atoms with E-state index in [1.807, 2.05) is 110 Å². The van der Waals surface area contributed by atoms with Crippen molar-refractivity contribution < 1.29 is 33.9 Å². The highest BCUT2D eigenvalue weighted by Gasteiger charge is 2.31. The third kappa shape index (κ3) is 11.8. The van der Waals surface area contributed by atoms with Crippen LogP contribution in [-0.4, -0.2) is 53.4 Å². The van der Waals surface area contributed by atoms with E-state index in [4.69, 9.17) is 23.7 Å². The summed E-state index contributed by atoms with van der Waals surface area (Å²) in [6, 6.07) is 39.8. The van der Waals surface area contributed by atoms with Gasteiger partial charge < -0.3 is 33.9 Å². The second kappa shape index (κ2) is 19.6. The first-order valence-corrected chi connectivity index (χ1v) is 15.8. The number of benzene rings is 4. The van der Waals surface area contributed by atoms with Gasteiger partial charge in [-0.15, -0.1) is 0 Å². The fourth-order valence-electron chi connectivity index (χ4n) is 4.97. The molecule has 0 aromatic heterocycles. The predicted octanol–water partition coefficient (Wildman–Crippen LogP) is 6.62. The van der Waals surface area contributed by atoms with E-state index >= 15 is 0 Å². The molecule has 6 atom stereocenters. The Morgan fingerprint density at radius 1 is 0.630 bits per heavy atom. The zero-order chi connectivity index (χ0) is 32.4. The van der Waals surface area contributed by atoms with E-state index in [2.05, 4.69) is 24.3 Å². The Balaban J connectivity index is 0.000000209. The molecule has 1 heterocycles. The molecule has 0 spiro atoms. The number of rotatable bonds is 15. The van der Waals surface area contributed by atoms with Gasteiger partial charge in [0.15, 0.2) is 0 Å². The van der Waals surface area contributed by atoms with Gasteiger partial charge in [0.25, 0.3) is 0 Å². The van der Waals surface area contributed by atoms with E-state index in [9.17, 15) is 10.2 Å². The van der Waals surface area contributed by atoms with Crippen molar-refractivity contribution in [3.8, 4) is 0 Å². The number of ether oxygens (including phenoxy) is 5. The van der Waals surface area contributed by atoms with Crippen molar-refractivity contribution in [2.75, 3.05) is 6.61 Å². The molecular formula is C39H46O7. The molecule has 0 bridgehead atoms.